The van der Waals surface area contributed by atoms with Crippen LogP contribution in [0.25, 0.3) is 10.4 Å². The van der Waals surface area contributed by atoms with Crippen LogP contribution >= 0.6 is 0 Å². The number of benzene rings is 1. The Hall–Kier alpha value is -2.75. The van der Waals surface area contributed by atoms with Crippen LogP contribution in [-0.2, 0) is 9.47 Å². The molecular formula is C18H21FN4O3. The van der Waals surface area contributed by atoms with Crippen LogP contribution in [-0.4, -0.2) is 48.4 Å². The number of hydrogen-bond donors (Lipinski definition) is 0. The van der Waals surface area contributed by atoms with Crippen LogP contribution in [0.4, 0.5) is 9.18 Å². The smallest absolute Gasteiger partial charge is 0.410 e. The molecule has 0 saturated carbocycles. The van der Waals surface area contributed by atoms with E-state index in [9.17, 15) is 9.18 Å². The highest BCUT2D eigenvalue weighted by Gasteiger charge is 2.37. The summed E-state index contributed by atoms with van der Waals surface area (Å²) in [5.41, 5.74) is 8.37. The van der Waals surface area contributed by atoms with Crippen molar-refractivity contribution in [1.29, 1.82) is 0 Å². The molecule has 138 valence electrons. The molecule has 0 spiro atoms. The van der Waals surface area contributed by atoms with Crippen molar-refractivity contribution in [3.8, 4) is 11.8 Å². The van der Waals surface area contributed by atoms with Gasteiger partial charge in [-0.05, 0) is 38.4 Å². The largest absolute Gasteiger partial charge is 0.444 e. The average molecular weight is 360 g/mol. The molecule has 7 nitrogen and oxygen atoms in total. The van der Waals surface area contributed by atoms with E-state index in [1.54, 1.807) is 39.0 Å². The maximum atomic E-state index is 13.5. The summed E-state index contributed by atoms with van der Waals surface area (Å²) in [5, 5.41) is 3.68. The maximum Gasteiger partial charge on any atom is 0.410 e. The quantitative estimate of drug-likeness (QED) is 0.358. The summed E-state index contributed by atoms with van der Waals surface area (Å²) < 4.78 is 24.4. The first-order chi connectivity index (χ1) is 12.3. The third-order valence-corrected chi connectivity index (χ3v) is 3.56. The standard InChI is InChI=1S/C18H21FN4O3/c1-18(2,3)26-17(24)23-11-15(21-22-20)16(12-23)25-10-6-8-13-7-4-5-9-14(13)19/h4-5,7,9,15-16H,10-12H2,1-3H3/t15-,16-/m1/s1. The molecule has 0 aliphatic carbocycles. The van der Waals surface area contributed by atoms with Gasteiger partial charge in [0, 0.05) is 11.5 Å². The molecule has 26 heavy (non-hydrogen) atoms. The lowest BCUT2D eigenvalue weighted by Gasteiger charge is -2.24. The van der Waals surface area contributed by atoms with Crippen LogP contribution in [0, 0.1) is 17.7 Å². The number of ether oxygens (including phenoxy) is 2. The Morgan fingerprint density at radius 1 is 1.42 bits per heavy atom. The van der Waals surface area contributed by atoms with Gasteiger partial charge in [0.1, 0.15) is 18.0 Å². The highest BCUT2D eigenvalue weighted by molar-refractivity contribution is 5.68. The first kappa shape index (κ1) is 19.6. The molecular weight excluding hydrogens is 339 g/mol. The highest BCUT2D eigenvalue weighted by atomic mass is 19.1. The number of halogens is 1. The Bertz CT molecular complexity index is 760. The van der Waals surface area contributed by atoms with E-state index in [1.165, 1.54) is 11.0 Å². The Kier molecular flexibility index (Phi) is 6.45. The lowest BCUT2D eigenvalue weighted by molar-refractivity contribution is 0.0236. The van der Waals surface area contributed by atoms with Crippen molar-refractivity contribution in [3.05, 3.63) is 46.1 Å². The highest BCUT2D eigenvalue weighted by Crippen LogP contribution is 2.20. The SMILES string of the molecule is CC(C)(C)OC(=O)N1C[C@@H](N=[N+]=[N-])[C@H](OCC#Cc2ccccc2F)C1. The van der Waals surface area contributed by atoms with Gasteiger partial charge in [-0.25, -0.2) is 9.18 Å². The van der Waals surface area contributed by atoms with Crippen LogP contribution in [0.2, 0.25) is 0 Å². The van der Waals surface area contributed by atoms with Gasteiger partial charge < -0.3 is 14.4 Å². The number of carbonyl (C=O) groups excluding carboxylic acids is 1. The number of rotatable bonds is 3. The van der Waals surface area contributed by atoms with E-state index in [0.717, 1.165) is 0 Å². The second kappa shape index (κ2) is 8.56. The molecule has 1 amide bonds. The fourth-order valence-corrected chi connectivity index (χ4v) is 2.42. The minimum Gasteiger partial charge on any atom is -0.444 e. The molecule has 0 aromatic heterocycles. The van der Waals surface area contributed by atoms with Gasteiger partial charge in [-0.1, -0.05) is 29.1 Å². The fraction of sp³-hybridized carbons (Fsp3) is 0.500. The van der Waals surface area contributed by atoms with Gasteiger partial charge in [0.2, 0.25) is 0 Å². The predicted octanol–water partition coefficient (Wildman–Crippen LogP) is 3.49. The van der Waals surface area contributed by atoms with Gasteiger partial charge in [-0.3, -0.25) is 0 Å². The third kappa shape index (κ3) is 5.66. The second-order valence-corrected chi connectivity index (χ2v) is 6.79. The van der Waals surface area contributed by atoms with Gasteiger partial charge in [-0.15, -0.1) is 0 Å². The zero-order valence-electron chi connectivity index (χ0n) is 15.0. The number of carbonyl (C=O) groups is 1. The van der Waals surface area contributed by atoms with Crippen molar-refractivity contribution < 1.29 is 18.7 Å². The second-order valence-electron chi connectivity index (χ2n) is 6.79. The van der Waals surface area contributed by atoms with Gasteiger partial charge in [0.15, 0.2) is 0 Å². The molecule has 1 aromatic rings. The van der Waals surface area contributed by atoms with Gasteiger partial charge in [0.05, 0.1) is 24.3 Å². The normalized spacial score (nSPS) is 19.3. The Labute approximate surface area is 151 Å². The monoisotopic (exact) mass is 360 g/mol. The third-order valence-electron chi connectivity index (χ3n) is 3.56. The number of amides is 1. The minimum atomic E-state index is -0.616. The average Bonchev–Trinajstić information content (AvgIpc) is 2.95. The van der Waals surface area contributed by atoms with E-state index in [-0.39, 0.29) is 25.3 Å². The number of likely N-dealkylation sites (tertiary alicyclic amines) is 1. The van der Waals surface area contributed by atoms with E-state index < -0.39 is 29.7 Å². The van der Waals surface area contributed by atoms with Crippen LogP contribution in [0.15, 0.2) is 29.4 Å². The lowest BCUT2D eigenvalue weighted by Crippen LogP contribution is -2.36. The van der Waals surface area contributed by atoms with Crippen molar-refractivity contribution in [2.45, 2.75) is 38.5 Å². The van der Waals surface area contributed by atoms with Crippen LogP contribution in [0.1, 0.15) is 26.3 Å². The summed E-state index contributed by atoms with van der Waals surface area (Å²) in [7, 11) is 0. The van der Waals surface area contributed by atoms with Crippen molar-refractivity contribution in [1.82, 2.24) is 4.90 Å². The van der Waals surface area contributed by atoms with E-state index in [0.29, 0.717) is 0 Å². The lowest BCUT2D eigenvalue weighted by atomic mass is 10.2. The molecule has 1 saturated heterocycles. The first-order valence-electron chi connectivity index (χ1n) is 8.17. The van der Waals surface area contributed by atoms with E-state index in [2.05, 4.69) is 21.9 Å². The summed E-state index contributed by atoms with van der Waals surface area (Å²) in [6, 6.07) is 5.66. The van der Waals surface area contributed by atoms with Crippen LogP contribution < -0.4 is 0 Å². The fourth-order valence-electron chi connectivity index (χ4n) is 2.42. The molecule has 1 fully saturated rings. The zero-order chi connectivity index (χ0) is 19.2. The summed E-state index contributed by atoms with van der Waals surface area (Å²) in [5.74, 6) is 5.02. The first-order valence-corrected chi connectivity index (χ1v) is 8.17. The van der Waals surface area contributed by atoms with Crippen molar-refractivity contribution in [2.75, 3.05) is 19.7 Å². The molecule has 1 aliphatic heterocycles. The van der Waals surface area contributed by atoms with Crippen molar-refractivity contribution >= 4 is 6.09 Å². The van der Waals surface area contributed by atoms with Crippen LogP contribution in [0.3, 0.4) is 0 Å². The van der Waals surface area contributed by atoms with Crippen LogP contribution in [0.5, 0.6) is 0 Å². The molecule has 1 heterocycles. The summed E-state index contributed by atoms with van der Waals surface area (Å²) >= 11 is 0. The van der Waals surface area contributed by atoms with Gasteiger partial charge in [0.25, 0.3) is 0 Å². The molecule has 1 aliphatic rings. The van der Waals surface area contributed by atoms with E-state index >= 15 is 0 Å². The minimum absolute atomic E-state index is 0.0264. The molecule has 0 radical (unpaired) electrons. The molecule has 0 bridgehead atoms. The molecule has 1 aromatic carbocycles. The Morgan fingerprint density at radius 2 is 2.15 bits per heavy atom. The number of hydrogen-bond acceptors (Lipinski definition) is 4. The van der Waals surface area contributed by atoms with E-state index in [4.69, 9.17) is 15.0 Å². The van der Waals surface area contributed by atoms with Gasteiger partial charge in [-0.2, -0.15) is 0 Å². The topological polar surface area (TPSA) is 87.5 Å². The predicted molar refractivity (Wildman–Crippen MR) is 93.8 cm³/mol. The Morgan fingerprint density at radius 3 is 2.81 bits per heavy atom. The van der Waals surface area contributed by atoms with Crippen molar-refractivity contribution in [3.63, 3.8) is 0 Å². The van der Waals surface area contributed by atoms with Crippen molar-refractivity contribution in [2.24, 2.45) is 5.11 Å². The van der Waals surface area contributed by atoms with E-state index in [1.807, 2.05) is 0 Å². The zero-order valence-corrected chi connectivity index (χ0v) is 15.0. The molecule has 2 rings (SSSR count). The summed E-state index contributed by atoms with van der Waals surface area (Å²) in [6.07, 6.45) is -0.979. The number of nitrogens with zero attached hydrogens (tertiary/aromatic N) is 4. The molecule has 0 N–H and O–H groups in total. The molecule has 8 heteroatoms. The van der Waals surface area contributed by atoms with Gasteiger partial charge >= 0.3 is 6.09 Å². The Balaban J connectivity index is 1.96. The molecule has 0 unspecified atom stereocenters. The summed E-state index contributed by atoms with van der Waals surface area (Å²) in [4.78, 5) is 16.4. The molecule has 2 atom stereocenters. The maximum absolute atomic E-state index is 13.5. The number of azide groups is 1. The summed E-state index contributed by atoms with van der Waals surface area (Å²) in [6.45, 7) is 5.80.